The van der Waals surface area contributed by atoms with Crippen molar-refractivity contribution in [2.75, 3.05) is 7.11 Å². The molecule has 0 atom stereocenters. The van der Waals surface area contributed by atoms with Crippen LogP contribution in [0, 0.1) is 15.9 Å². The number of aromatic nitrogens is 2. The summed E-state index contributed by atoms with van der Waals surface area (Å²) in [4.78, 5) is 28.7. The van der Waals surface area contributed by atoms with Gasteiger partial charge in [-0.15, -0.1) is 0 Å². The van der Waals surface area contributed by atoms with Crippen molar-refractivity contribution in [1.29, 1.82) is 0 Å². The highest BCUT2D eigenvalue weighted by atomic mass is 19.1. The first-order valence-corrected chi connectivity index (χ1v) is 5.51. The number of nitro groups is 1. The molecule has 9 heteroatoms. The van der Waals surface area contributed by atoms with Crippen LogP contribution in [0.15, 0.2) is 24.5 Å². The summed E-state index contributed by atoms with van der Waals surface area (Å²) in [7, 11) is 1.21. The summed E-state index contributed by atoms with van der Waals surface area (Å²) in [6, 6.07) is 1.98. The van der Waals surface area contributed by atoms with Gasteiger partial charge in [0.25, 0.3) is 0 Å². The average Bonchev–Trinajstić information content (AvgIpc) is 2.46. The Morgan fingerprint density at radius 2 is 2.00 bits per heavy atom. The van der Waals surface area contributed by atoms with Gasteiger partial charge in [-0.2, -0.15) is 0 Å². The maximum atomic E-state index is 12.8. The molecule has 1 aromatic carbocycles. The zero-order valence-corrected chi connectivity index (χ0v) is 10.6. The smallest absolute Gasteiger partial charge is 0.336 e. The van der Waals surface area contributed by atoms with Crippen LogP contribution < -0.4 is 4.74 Å². The van der Waals surface area contributed by atoms with Gasteiger partial charge in [-0.1, -0.05) is 0 Å². The molecule has 1 heterocycles. The molecule has 0 saturated heterocycles. The van der Waals surface area contributed by atoms with E-state index in [9.17, 15) is 19.3 Å². The van der Waals surface area contributed by atoms with E-state index < -0.39 is 22.4 Å². The average molecular weight is 293 g/mol. The van der Waals surface area contributed by atoms with Crippen molar-refractivity contribution >= 4 is 11.7 Å². The summed E-state index contributed by atoms with van der Waals surface area (Å²) in [6.07, 6.45) is 1.73. The lowest BCUT2D eigenvalue weighted by Gasteiger charge is -2.08. The molecule has 0 amide bonds. The molecule has 0 saturated carbocycles. The van der Waals surface area contributed by atoms with Gasteiger partial charge in [0.15, 0.2) is 17.4 Å². The third-order valence-electron chi connectivity index (χ3n) is 2.61. The number of halogens is 1. The lowest BCUT2D eigenvalue weighted by molar-refractivity contribution is -0.385. The highest BCUT2D eigenvalue weighted by Gasteiger charge is 2.24. The largest absolute Gasteiger partial charge is 0.490 e. The van der Waals surface area contributed by atoms with Crippen LogP contribution in [0.1, 0.15) is 10.4 Å². The third-order valence-corrected chi connectivity index (χ3v) is 2.61. The van der Waals surface area contributed by atoms with Gasteiger partial charge in [0.05, 0.1) is 30.0 Å². The molecule has 21 heavy (non-hydrogen) atoms. The van der Waals surface area contributed by atoms with E-state index in [1.54, 1.807) is 0 Å². The van der Waals surface area contributed by atoms with Crippen molar-refractivity contribution in [1.82, 2.24) is 9.97 Å². The van der Waals surface area contributed by atoms with E-state index in [-0.39, 0.29) is 22.7 Å². The molecular weight excluding hydrogens is 285 g/mol. The van der Waals surface area contributed by atoms with Crippen LogP contribution in [0.2, 0.25) is 0 Å². The number of carboxylic acid groups (broad SMARTS) is 1. The number of carboxylic acids is 1. The highest BCUT2D eigenvalue weighted by Crippen LogP contribution is 2.34. The second-order valence-corrected chi connectivity index (χ2v) is 3.86. The van der Waals surface area contributed by atoms with Crippen LogP contribution in [0.25, 0.3) is 11.4 Å². The number of benzene rings is 1. The molecule has 0 fully saturated rings. The van der Waals surface area contributed by atoms with Crippen molar-refractivity contribution in [2.24, 2.45) is 0 Å². The van der Waals surface area contributed by atoms with E-state index >= 15 is 0 Å². The maximum Gasteiger partial charge on any atom is 0.336 e. The predicted molar refractivity (Wildman–Crippen MR) is 67.6 cm³/mol. The number of methoxy groups -OCH3 is 1. The molecule has 0 unspecified atom stereocenters. The summed E-state index contributed by atoms with van der Waals surface area (Å²) in [5.74, 6) is -2.32. The van der Waals surface area contributed by atoms with Gasteiger partial charge in [-0.3, -0.25) is 10.1 Å². The minimum absolute atomic E-state index is 0.00931. The van der Waals surface area contributed by atoms with Crippen LogP contribution in [-0.4, -0.2) is 33.1 Å². The van der Waals surface area contributed by atoms with Crippen LogP contribution in [0.3, 0.4) is 0 Å². The lowest BCUT2D eigenvalue weighted by Crippen LogP contribution is -2.05. The van der Waals surface area contributed by atoms with Crippen molar-refractivity contribution in [2.45, 2.75) is 0 Å². The highest BCUT2D eigenvalue weighted by molar-refractivity contribution is 5.96. The monoisotopic (exact) mass is 293 g/mol. The first-order valence-electron chi connectivity index (χ1n) is 5.51. The fourth-order valence-electron chi connectivity index (χ4n) is 1.69. The van der Waals surface area contributed by atoms with Crippen molar-refractivity contribution in [3.8, 4) is 17.1 Å². The van der Waals surface area contributed by atoms with Crippen LogP contribution in [-0.2, 0) is 0 Å². The van der Waals surface area contributed by atoms with Crippen molar-refractivity contribution in [3.63, 3.8) is 0 Å². The van der Waals surface area contributed by atoms with Gasteiger partial charge in [0.2, 0.25) is 0 Å². The zero-order chi connectivity index (χ0) is 15.6. The number of rotatable bonds is 4. The Hall–Kier alpha value is -3.10. The Bertz CT molecular complexity index is 718. The number of ether oxygens (including phenoxy) is 1. The van der Waals surface area contributed by atoms with Crippen molar-refractivity contribution in [3.05, 3.63) is 46.0 Å². The van der Waals surface area contributed by atoms with Crippen molar-refractivity contribution < 1.29 is 24.0 Å². The number of nitrogens with zero attached hydrogens (tertiary/aromatic N) is 3. The quantitative estimate of drug-likeness (QED) is 0.676. The van der Waals surface area contributed by atoms with Gasteiger partial charge in [0, 0.05) is 11.6 Å². The van der Waals surface area contributed by atoms with E-state index in [1.165, 1.54) is 7.11 Å². The molecule has 8 nitrogen and oxygen atoms in total. The van der Waals surface area contributed by atoms with Crippen LogP contribution in [0.4, 0.5) is 10.1 Å². The molecule has 0 bridgehead atoms. The molecule has 0 spiro atoms. The summed E-state index contributed by atoms with van der Waals surface area (Å²) >= 11 is 0. The van der Waals surface area contributed by atoms with Crippen LogP contribution >= 0.6 is 0 Å². The normalized spacial score (nSPS) is 10.2. The summed E-state index contributed by atoms with van der Waals surface area (Å²) < 4.78 is 17.7. The molecule has 0 radical (unpaired) electrons. The van der Waals surface area contributed by atoms with E-state index in [2.05, 4.69) is 9.97 Å². The minimum atomic E-state index is -1.40. The van der Waals surface area contributed by atoms with Gasteiger partial charge in [-0.25, -0.2) is 19.2 Å². The number of nitro benzene ring substituents is 1. The molecule has 108 valence electrons. The Morgan fingerprint density at radius 3 is 2.48 bits per heavy atom. The Labute approximate surface area is 117 Å². The molecule has 1 aromatic heterocycles. The summed E-state index contributed by atoms with van der Waals surface area (Å²) in [5.41, 5.74) is -0.889. The molecule has 2 aromatic rings. The first kappa shape index (κ1) is 14.3. The second kappa shape index (κ2) is 5.49. The Kier molecular flexibility index (Phi) is 3.74. The Morgan fingerprint density at radius 1 is 1.38 bits per heavy atom. The number of hydrogen-bond donors (Lipinski definition) is 1. The number of aromatic carboxylic acids is 1. The second-order valence-electron chi connectivity index (χ2n) is 3.86. The number of carbonyl (C=O) groups is 1. The standard InChI is InChI=1S/C12H8FN3O5/c1-21-10-3-7(11-14-4-6(13)5-15-11)8(12(17)18)2-9(10)16(19)20/h2-5H,1H3,(H,17,18). The molecule has 0 aliphatic carbocycles. The maximum absolute atomic E-state index is 12.8. The predicted octanol–water partition coefficient (Wildman–Crippen LogP) is 1.90. The SMILES string of the molecule is COc1cc(-c2ncc(F)cn2)c(C(=O)O)cc1[N+](=O)[O-]. The molecular formula is C12H8FN3O5. The first-order chi connectivity index (χ1) is 9.93. The molecule has 0 aliphatic rings. The van der Waals surface area contributed by atoms with Gasteiger partial charge >= 0.3 is 11.7 Å². The fraction of sp³-hybridized carbons (Fsp3) is 0.0833. The van der Waals surface area contributed by atoms with Crippen LogP contribution in [0.5, 0.6) is 5.75 Å². The van der Waals surface area contributed by atoms with Gasteiger partial charge in [0.1, 0.15) is 0 Å². The number of hydrogen-bond acceptors (Lipinski definition) is 6. The van der Waals surface area contributed by atoms with E-state index in [0.717, 1.165) is 24.5 Å². The lowest BCUT2D eigenvalue weighted by atomic mass is 10.0. The third kappa shape index (κ3) is 2.76. The molecule has 1 N–H and O–H groups in total. The molecule has 2 rings (SSSR count). The van der Waals surface area contributed by atoms with Gasteiger partial charge < -0.3 is 9.84 Å². The van der Waals surface area contributed by atoms with Gasteiger partial charge in [-0.05, 0) is 6.07 Å². The fourth-order valence-corrected chi connectivity index (χ4v) is 1.69. The Balaban J connectivity index is 2.72. The van der Waals surface area contributed by atoms with E-state index in [4.69, 9.17) is 9.84 Å². The van der Waals surface area contributed by atoms with E-state index in [1.807, 2.05) is 0 Å². The summed E-state index contributed by atoms with van der Waals surface area (Å²) in [5, 5.41) is 20.1. The summed E-state index contributed by atoms with van der Waals surface area (Å²) in [6.45, 7) is 0. The zero-order valence-electron chi connectivity index (χ0n) is 10.6. The minimum Gasteiger partial charge on any atom is -0.490 e. The molecule has 0 aliphatic heterocycles. The topological polar surface area (TPSA) is 115 Å². The van der Waals surface area contributed by atoms with E-state index in [0.29, 0.717) is 0 Å².